The summed E-state index contributed by atoms with van der Waals surface area (Å²) >= 11 is 0. The first-order valence-electron chi connectivity index (χ1n) is 9.44. The quantitative estimate of drug-likeness (QED) is 0.747. The molecule has 8 heteroatoms. The molecule has 0 saturated carbocycles. The molecular weight excluding hydrogens is 368 g/mol. The average molecular weight is 394 g/mol. The fourth-order valence-electron chi connectivity index (χ4n) is 4.97. The molecule has 4 atom stereocenters. The normalized spacial score (nSPS) is 32.0. The van der Waals surface area contributed by atoms with Gasteiger partial charge in [-0.1, -0.05) is 12.1 Å². The van der Waals surface area contributed by atoms with Gasteiger partial charge in [0.05, 0.1) is 24.5 Å². The van der Waals surface area contributed by atoms with E-state index in [0.29, 0.717) is 32.5 Å². The Kier molecular flexibility index (Phi) is 4.68. The van der Waals surface area contributed by atoms with Crippen LogP contribution in [0.5, 0.6) is 5.75 Å². The van der Waals surface area contributed by atoms with E-state index in [9.17, 15) is 18.3 Å². The second kappa shape index (κ2) is 6.76. The minimum absolute atomic E-state index is 0.0958. The number of carbonyl (C=O) groups is 1. The van der Waals surface area contributed by atoms with Crippen LogP contribution in [0, 0.1) is 11.8 Å². The second-order valence-corrected chi connectivity index (χ2v) is 9.92. The van der Waals surface area contributed by atoms with Crippen LogP contribution in [0.25, 0.3) is 0 Å². The molecular formula is C19H26N2O5S. The summed E-state index contributed by atoms with van der Waals surface area (Å²) in [6.45, 7) is 1.63. The van der Waals surface area contributed by atoms with Gasteiger partial charge >= 0.3 is 0 Å². The van der Waals surface area contributed by atoms with Gasteiger partial charge in [-0.3, -0.25) is 4.79 Å². The summed E-state index contributed by atoms with van der Waals surface area (Å²) in [6, 6.07) is 6.92. The van der Waals surface area contributed by atoms with Crippen LogP contribution in [0.3, 0.4) is 0 Å². The van der Waals surface area contributed by atoms with Crippen LogP contribution in [0.1, 0.15) is 24.8 Å². The Bertz CT molecular complexity index is 825. The van der Waals surface area contributed by atoms with Crippen molar-refractivity contribution in [2.45, 2.75) is 37.4 Å². The number of likely N-dealkylation sites (tertiary alicyclic amines) is 1. The topological polar surface area (TPSA) is 95.9 Å². The van der Waals surface area contributed by atoms with Gasteiger partial charge in [0.25, 0.3) is 0 Å². The number of aryl methyl sites for hydroxylation is 1. The van der Waals surface area contributed by atoms with Gasteiger partial charge in [-0.15, -0.1) is 0 Å². The van der Waals surface area contributed by atoms with Gasteiger partial charge in [0, 0.05) is 31.3 Å². The Balaban J connectivity index is 1.38. The molecule has 0 aromatic heterocycles. The predicted molar refractivity (Wildman–Crippen MR) is 99.7 cm³/mol. The van der Waals surface area contributed by atoms with Gasteiger partial charge < -0.3 is 14.7 Å². The molecule has 0 aliphatic carbocycles. The van der Waals surface area contributed by atoms with E-state index in [4.69, 9.17) is 4.74 Å². The van der Waals surface area contributed by atoms with Gasteiger partial charge in [-0.05, 0) is 37.0 Å². The number of hydrogen-bond donors (Lipinski definition) is 2. The summed E-state index contributed by atoms with van der Waals surface area (Å²) in [5.41, 5.74) is 0.731. The molecule has 1 amide bonds. The Hall–Kier alpha value is -1.64. The van der Waals surface area contributed by atoms with Crippen molar-refractivity contribution in [1.29, 1.82) is 0 Å². The lowest BCUT2D eigenvalue weighted by atomic mass is 9.74. The van der Waals surface area contributed by atoms with Crippen molar-refractivity contribution in [1.82, 2.24) is 9.62 Å². The molecule has 2 N–H and O–H groups in total. The van der Waals surface area contributed by atoms with Crippen LogP contribution in [-0.4, -0.2) is 61.9 Å². The molecule has 148 valence electrons. The fraction of sp³-hybridized carbons (Fsp3) is 0.632. The molecule has 3 fully saturated rings. The predicted octanol–water partition coefficient (Wildman–Crippen LogP) is 0.880. The largest absolute Gasteiger partial charge is 0.508 e. The van der Waals surface area contributed by atoms with Crippen LogP contribution in [-0.2, 0) is 26.0 Å². The zero-order valence-corrected chi connectivity index (χ0v) is 16.2. The van der Waals surface area contributed by atoms with Gasteiger partial charge in [0.2, 0.25) is 15.9 Å². The number of amides is 1. The highest BCUT2D eigenvalue weighted by Crippen LogP contribution is 2.54. The maximum absolute atomic E-state index is 12.7. The van der Waals surface area contributed by atoms with Crippen LogP contribution in [0.4, 0.5) is 0 Å². The summed E-state index contributed by atoms with van der Waals surface area (Å²) in [5, 5.41) is 9.35. The number of hydrogen-bond acceptors (Lipinski definition) is 5. The highest BCUT2D eigenvalue weighted by Gasteiger charge is 2.63. The molecule has 1 spiro atoms. The number of carbonyl (C=O) groups excluding carboxylic acids is 1. The number of phenolic OH excluding ortho intramolecular Hbond substituents is 1. The maximum atomic E-state index is 12.7. The third-order valence-electron chi connectivity index (χ3n) is 6.28. The van der Waals surface area contributed by atoms with E-state index in [1.807, 2.05) is 17.0 Å². The Morgan fingerprint density at radius 2 is 2.11 bits per heavy atom. The van der Waals surface area contributed by atoms with Crippen molar-refractivity contribution in [3.8, 4) is 5.75 Å². The summed E-state index contributed by atoms with van der Waals surface area (Å²) in [5.74, 6) is 0.651. The van der Waals surface area contributed by atoms with Crippen molar-refractivity contribution in [2.75, 3.05) is 25.9 Å². The number of ether oxygens (including phenoxy) is 1. The summed E-state index contributed by atoms with van der Waals surface area (Å²) < 4.78 is 31.8. The monoisotopic (exact) mass is 394 g/mol. The highest BCUT2D eigenvalue weighted by molar-refractivity contribution is 7.88. The number of benzene rings is 1. The Morgan fingerprint density at radius 1 is 1.37 bits per heavy atom. The standard InChI is InChI=1S/C19H26N2O5S/c1-27(24,25)20-10-15-16-11-21(12-19(16)9-8-17(15)26-19)18(23)7-4-13-2-5-14(22)6-3-13/h2-3,5-6,15-17,20,22H,4,7-12H2,1H3/t15-,16+,17+,19+/m0/s1. The number of sulfonamides is 1. The van der Waals surface area contributed by atoms with E-state index in [-0.39, 0.29) is 35.2 Å². The Morgan fingerprint density at radius 3 is 2.81 bits per heavy atom. The molecule has 3 aliphatic rings. The fourth-order valence-corrected chi connectivity index (χ4v) is 5.47. The van der Waals surface area contributed by atoms with Gasteiger partial charge in [-0.2, -0.15) is 0 Å². The molecule has 3 aliphatic heterocycles. The summed E-state index contributed by atoms with van der Waals surface area (Å²) in [6.07, 6.45) is 4.20. The van der Waals surface area contributed by atoms with E-state index in [1.165, 1.54) is 6.26 Å². The molecule has 1 aromatic rings. The average Bonchev–Trinajstić information content (AvgIpc) is 3.26. The number of rotatable bonds is 6. The zero-order chi connectivity index (χ0) is 19.2. The third-order valence-corrected chi connectivity index (χ3v) is 6.97. The number of nitrogens with zero attached hydrogens (tertiary/aromatic N) is 1. The van der Waals surface area contributed by atoms with E-state index in [0.717, 1.165) is 18.4 Å². The van der Waals surface area contributed by atoms with Gasteiger partial charge in [0.15, 0.2) is 0 Å². The molecule has 7 nitrogen and oxygen atoms in total. The minimum Gasteiger partial charge on any atom is -0.508 e. The van der Waals surface area contributed by atoms with E-state index >= 15 is 0 Å². The first-order chi connectivity index (χ1) is 12.8. The van der Waals surface area contributed by atoms with E-state index < -0.39 is 10.0 Å². The lowest BCUT2D eigenvalue weighted by molar-refractivity contribution is -0.131. The van der Waals surface area contributed by atoms with Gasteiger partial charge in [-0.25, -0.2) is 13.1 Å². The number of aromatic hydroxyl groups is 1. The van der Waals surface area contributed by atoms with Crippen LogP contribution >= 0.6 is 0 Å². The minimum atomic E-state index is -3.24. The van der Waals surface area contributed by atoms with Crippen molar-refractivity contribution in [3.05, 3.63) is 29.8 Å². The molecule has 4 rings (SSSR count). The zero-order valence-electron chi connectivity index (χ0n) is 15.4. The van der Waals surface area contributed by atoms with Crippen LogP contribution < -0.4 is 4.72 Å². The van der Waals surface area contributed by atoms with E-state index in [1.54, 1.807) is 12.1 Å². The SMILES string of the molecule is CS(=O)(=O)NC[C@H]1[C@H]2CN(C(=O)CCc3ccc(O)cc3)C[C@]23CC[C@H]1O3. The second-order valence-electron chi connectivity index (χ2n) is 8.09. The van der Waals surface area contributed by atoms with Crippen molar-refractivity contribution < 1.29 is 23.1 Å². The van der Waals surface area contributed by atoms with Crippen molar-refractivity contribution in [3.63, 3.8) is 0 Å². The van der Waals surface area contributed by atoms with Crippen LogP contribution in [0.2, 0.25) is 0 Å². The maximum Gasteiger partial charge on any atom is 0.223 e. The van der Waals surface area contributed by atoms with Crippen molar-refractivity contribution >= 4 is 15.9 Å². The molecule has 27 heavy (non-hydrogen) atoms. The van der Waals surface area contributed by atoms with Crippen molar-refractivity contribution in [2.24, 2.45) is 11.8 Å². The molecule has 0 radical (unpaired) electrons. The number of fused-ring (bicyclic) bond motifs is 1. The molecule has 0 unspecified atom stereocenters. The smallest absolute Gasteiger partial charge is 0.223 e. The number of phenols is 1. The highest BCUT2D eigenvalue weighted by atomic mass is 32.2. The molecule has 1 aromatic carbocycles. The molecule has 3 saturated heterocycles. The first kappa shape index (κ1) is 18.7. The summed E-state index contributed by atoms with van der Waals surface area (Å²) in [7, 11) is -3.24. The molecule has 2 bridgehead atoms. The Labute approximate surface area is 159 Å². The first-order valence-corrected chi connectivity index (χ1v) is 11.3. The molecule has 3 heterocycles. The van der Waals surface area contributed by atoms with Crippen LogP contribution in [0.15, 0.2) is 24.3 Å². The van der Waals surface area contributed by atoms with E-state index in [2.05, 4.69) is 4.72 Å². The third kappa shape index (κ3) is 3.70. The lowest BCUT2D eigenvalue weighted by Gasteiger charge is -2.29. The lowest BCUT2D eigenvalue weighted by Crippen LogP contribution is -2.41. The van der Waals surface area contributed by atoms with Gasteiger partial charge in [0.1, 0.15) is 5.75 Å². The number of nitrogens with one attached hydrogen (secondary N) is 1. The summed E-state index contributed by atoms with van der Waals surface area (Å²) in [4.78, 5) is 14.6.